The standard InChI is InChI=1S/C13H20N2O2S/c1-8-9(14)7-12(18-8)13(17)15-10-5-3-2-4-6-11(10)16/h7,10-11,16H,2-6,14H2,1H3,(H,15,17). The summed E-state index contributed by atoms with van der Waals surface area (Å²) in [5.74, 6) is -0.120. The van der Waals surface area contributed by atoms with E-state index in [1.54, 1.807) is 6.07 Å². The molecule has 1 fully saturated rings. The van der Waals surface area contributed by atoms with Crippen molar-refractivity contribution in [3.63, 3.8) is 0 Å². The third-order valence-electron chi connectivity index (χ3n) is 3.48. The molecule has 4 N–H and O–H groups in total. The molecule has 5 heteroatoms. The van der Waals surface area contributed by atoms with Crippen LogP contribution in [0.3, 0.4) is 0 Å². The highest BCUT2D eigenvalue weighted by Crippen LogP contribution is 2.24. The Hall–Kier alpha value is -1.07. The molecule has 0 saturated heterocycles. The SMILES string of the molecule is Cc1sc(C(=O)NC2CCCCCC2O)cc1N. The van der Waals surface area contributed by atoms with Gasteiger partial charge >= 0.3 is 0 Å². The number of carbonyl (C=O) groups is 1. The van der Waals surface area contributed by atoms with Crippen LogP contribution in [0.4, 0.5) is 5.69 Å². The number of nitrogens with two attached hydrogens (primary N) is 1. The molecule has 0 spiro atoms. The molecule has 1 aliphatic carbocycles. The Morgan fingerprint density at radius 1 is 1.44 bits per heavy atom. The number of carbonyl (C=O) groups excluding carboxylic acids is 1. The zero-order chi connectivity index (χ0) is 13.1. The Balaban J connectivity index is 2.01. The van der Waals surface area contributed by atoms with Gasteiger partial charge in [-0.3, -0.25) is 4.79 Å². The van der Waals surface area contributed by atoms with Crippen molar-refractivity contribution in [3.05, 3.63) is 15.8 Å². The molecule has 100 valence electrons. The Morgan fingerprint density at radius 3 is 2.83 bits per heavy atom. The number of rotatable bonds is 2. The lowest BCUT2D eigenvalue weighted by Crippen LogP contribution is -2.42. The van der Waals surface area contributed by atoms with E-state index >= 15 is 0 Å². The van der Waals surface area contributed by atoms with Gasteiger partial charge in [0.15, 0.2) is 0 Å². The summed E-state index contributed by atoms with van der Waals surface area (Å²) in [5.41, 5.74) is 6.40. The molecule has 2 unspecified atom stereocenters. The van der Waals surface area contributed by atoms with Gasteiger partial charge in [-0.05, 0) is 25.8 Å². The van der Waals surface area contributed by atoms with Gasteiger partial charge in [-0.1, -0.05) is 19.3 Å². The van der Waals surface area contributed by atoms with Gasteiger partial charge in [-0.25, -0.2) is 0 Å². The molecule has 2 atom stereocenters. The molecular formula is C13H20N2O2S. The van der Waals surface area contributed by atoms with Crippen LogP contribution >= 0.6 is 11.3 Å². The normalized spacial score (nSPS) is 24.6. The van der Waals surface area contributed by atoms with Crippen LogP contribution in [0.2, 0.25) is 0 Å². The Morgan fingerprint density at radius 2 is 2.17 bits per heavy atom. The van der Waals surface area contributed by atoms with Gasteiger partial charge < -0.3 is 16.2 Å². The van der Waals surface area contributed by atoms with Gasteiger partial charge in [-0.15, -0.1) is 11.3 Å². The summed E-state index contributed by atoms with van der Waals surface area (Å²) in [6.07, 6.45) is 4.44. The smallest absolute Gasteiger partial charge is 0.261 e. The molecule has 18 heavy (non-hydrogen) atoms. The molecular weight excluding hydrogens is 248 g/mol. The number of anilines is 1. The van der Waals surface area contributed by atoms with Crippen molar-refractivity contribution in [2.24, 2.45) is 0 Å². The number of aliphatic hydroxyl groups is 1. The number of aryl methyl sites for hydroxylation is 1. The third-order valence-corrected chi connectivity index (χ3v) is 4.54. The lowest BCUT2D eigenvalue weighted by Gasteiger charge is -2.21. The minimum absolute atomic E-state index is 0.120. The molecule has 1 saturated carbocycles. The van der Waals surface area contributed by atoms with Crippen molar-refractivity contribution in [1.82, 2.24) is 5.32 Å². The highest BCUT2D eigenvalue weighted by molar-refractivity contribution is 7.14. The number of aliphatic hydroxyl groups excluding tert-OH is 1. The van der Waals surface area contributed by atoms with Gasteiger partial charge in [0, 0.05) is 10.6 Å². The molecule has 1 heterocycles. The van der Waals surface area contributed by atoms with Gasteiger partial charge in [0.2, 0.25) is 0 Å². The van der Waals surface area contributed by atoms with Crippen LogP contribution in [-0.4, -0.2) is 23.2 Å². The summed E-state index contributed by atoms with van der Waals surface area (Å²) >= 11 is 1.40. The van der Waals surface area contributed by atoms with Crippen molar-refractivity contribution in [3.8, 4) is 0 Å². The second-order valence-electron chi connectivity index (χ2n) is 4.91. The molecule has 0 aromatic carbocycles. The van der Waals surface area contributed by atoms with E-state index in [0.29, 0.717) is 10.6 Å². The molecule has 1 amide bonds. The molecule has 2 rings (SSSR count). The molecule has 0 radical (unpaired) electrons. The highest BCUT2D eigenvalue weighted by Gasteiger charge is 2.24. The fraction of sp³-hybridized carbons (Fsp3) is 0.615. The fourth-order valence-corrected chi connectivity index (χ4v) is 3.15. The number of hydrogen-bond acceptors (Lipinski definition) is 4. The number of nitrogen functional groups attached to an aromatic ring is 1. The minimum Gasteiger partial charge on any atom is -0.398 e. The van der Waals surface area contributed by atoms with E-state index < -0.39 is 6.10 Å². The van der Waals surface area contributed by atoms with Gasteiger partial charge in [0.1, 0.15) is 0 Å². The number of hydrogen-bond donors (Lipinski definition) is 3. The number of thiophene rings is 1. The largest absolute Gasteiger partial charge is 0.398 e. The van der Waals surface area contributed by atoms with Crippen LogP contribution < -0.4 is 11.1 Å². The lowest BCUT2D eigenvalue weighted by molar-refractivity contribution is 0.0822. The monoisotopic (exact) mass is 268 g/mol. The minimum atomic E-state index is -0.421. The second kappa shape index (κ2) is 5.71. The maximum atomic E-state index is 12.1. The molecule has 1 aromatic rings. The predicted molar refractivity (Wildman–Crippen MR) is 73.8 cm³/mol. The van der Waals surface area contributed by atoms with Crippen molar-refractivity contribution in [2.45, 2.75) is 51.2 Å². The van der Waals surface area contributed by atoms with E-state index in [9.17, 15) is 9.90 Å². The molecule has 4 nitrogen and oxygen atoms in total. The van der Waals surface area contributed by atoms with Crippen LogP contribution in [-0.2, 0) is 0 Å². The topological polar surface area (TPSA) is 75.3 Å². The maximum Gasteiger partial charge on any atom is 0.261 e. The van der Waals surface area contributed by atoms with Crippen LogP contribution in [0.5, 0.6) is 0 Å². The zero-order valence-corrected chi connectivity index (χ0v) is 11.4. The summed E-state index contributed by atoms with van der Waals surface area (Å²) in [4.78, 5) is 13.7. The quantitative estimate of drug-likeness (QED) is 0.719. The predicted octanol–water partition coefficient (Wildman–Crippen LogP) is 2.06. The third kappa shape index (κ3) is 3.03. The Kier molecular flexibility index (Phi) is 4.24. The zero-order valence-electron chi connectivity index (χ0n) is 10.6. The van der Waals surface area contributed by atoms with Crippen molar-refractivity contribution in [1.29, 1.82) is 0 Å². The van der Waals surface area contributed by atoms with E-state index in [-0.39, 0.29) is 11.9 Å². The summed E-state index contributed by atoms with van der Waals surface area (Å²) in [5, 5.41) is 12.9. The van der Waals surface area contributed by atoms with Gasteiger partial charge in [0.05, 0.1) is 17.0 Å². The van der Waals surface area contributed by atoms with E-state index in [2.05, 4.69) is 5.32 Å². The molecule has 0 aliphatic heterocycles. The van der Waals surface area contributed by atoms with Gasteiger partial charge in [0.25, 0.3) is 5.91 Å². The van der Waals surface area contributed by atoms with E-state index in [0.717, 1.165) is 37.0 Å². The Bertz CT molecular complexity index is 411. The summed E-state index contributed by atoms with van der Waals surface area (Å²) in [6.45, 7) is 1.90. The molecule has 1 aromatic heterocycles. The van der Waals surface area contributed by atoms with Crippen molar-refractivity contribution < 1.29 is 9.90 Å². The van der Waals surface area contributed by atoms with E-state index in [1.165, 1.54) is 11.3 Å². The van der Waals surface area contributed by atoms with Crippen LogP contribution in [0, 0.1) is 6.92 Å². The summed E-state index contributed by atoms with van der Waals surface area (Å²) < 4.78 is 0. The molecule has 0 bridgehead atoms. The van der Waals surface area contributed by atoms with Gasteiger partial charge in [-0.2, -0.15) is 0 Å². The first-order valence-electron chi connectivity index (χ1n) is 6.43. The average Bonchev–Trinajstić information content (AvgIpc) is 2.54. The van der Waals surface area contributed by atoms with Crippen LogP contribution in [0.1, 0.15) is 46.7 Å². The molecule has 1 aliphatic rings. The van der Waals surface area contributed by atoms with Crippen molar-refractivity contribution >= 4 is 22.9 Å². The lowest BCUT2D eigenvalue weighted by atomic mass is 10.1. The second-order valence-corrected chi connectivity index (χ2v) is 6.16. The van der Waals surface area contributed by atoms with E-state index in [4.69, 9.17) is 5.73 Å². The van der Waals surface area contributed by atoms with E-state index in [1.807, 2.05) is 6.92 Å². The number of nitrogens with one attached hydrogen (secondary N) is 1. The first kappa shape index (κ1) is 13.4. The Labute approximate surface area is 111 Å². The fourth-order valence-electron chi connectivity index (χ4n) is 2.30. The van der Waals surface area contributed by atoms with Crippen LogP contribution in [0.15, 0.2) is 6.07 Å². The first-order chi connectivity index (χ1) is 8.58. The highest BCUT2D eigenvalue weighted by atomic mass is 32.1. The maximum absolute atomic E-state index is 12.1. The summed E-state index contributed by atoms with van der Waals surface area (Å²) in [6, 6.07) is 1.59. The first-order valence-corrected chi connectivity index (χ1v) is 7.24. The average molecular weight is 268 g/mol. The van der Waals surface area contributed by atoms with Crippen LogP contribution in [0.25, 0.3) is 0 Å². The van der Waals surface area contributed by atoms with Crippen molar-refractivity contribution in [2.75, 3.05) is 5.73 Å². The number of amides is 1. The summed E-state index contributed by atoms with van der Waals surface area (Å²) in [7, 11) is 0.